The van der Waals surface area contributed by atoms with Crippen molar-refractivity contribution in [3.63, 3.8) is 0 Å². The average Bonchev–Trinajstić information content (AvgIpc) is 2.46. The van der Waals surface area contributed by atoms with E-state index in [1.165, 1.54) is 6.42 Å². The van der Waals surface area contributed by atoms with Crippen molar-refractivity contribution in [3.8, 4) is 6.07 Å². The van der Waals surface area contributed by atoms with Crippen LogP contribution in [-0.2, 0) is 9.53 Å². The molecule has 134 valence electrons. The van der Waals surface area contributed by atoms with Crippen LogP contribution in [0.5, 0.6) is 0 Å². The first-order chi connectivity index (χ1) is 11.0. The summed E-state index contributed by atoms with van der Waals surface area (Å²) < 4.78 is 5.08. The summed E-state index contributed by atoms with van der Waals surface area (Å²) in [4.78, 5) is 15.4. The van der Waals surface area contributed by atoms with Gasteiger partial charge in [-0.2, -0.15) is 5.26 Å². The second kappa shape index (κ2) is 11.0. The van der Waals surface area contributed by atoms with Crippen molar-refractivity contribution in [2.75, 3.05) is 13.7 Å². The monoisotopic (exact) mass is 372 g/mol. The number of carbonyl (C=O) groups excluding carboxylic acids is 1. The number of hydrogen-bond acceptors (Lipinski definition) is 5. The average molecular weight is 373 g/mol. The van der Waals surface area contributed by atoms with Crippen LogP contribution in [0.4, 0.5) is 0 Å². The molecule has 1 atom stereocenters. The highest BCUT2D eigenvalue weighted by Gasteiger charge is 2.38. The molecule has 0 amide bonds. The second-order valence-corrected chi connectivity index (χ2v) is 5.82. The van der Waals surface area contributed by atoms with Gasteiger partial charge >= 0.3 is 5.97 Å². The molecule has 3 N–H and O–H groups in total. The molecule has 1 aliphatic heterocycles. The third-order valence-corrected chi connectivity index (χ3v) is 4.18. The lowest BCUT2D eigenvalue weighted by Crippen LogP contribution is -2.33. The Morgan fingerprint density at radius 1 is 1.58 bits per heavy atom. The van der Waals surface area contributed by atoms with Gasteiger partial charge in [-0.25, -0.2) is 4.79 Å². The van der Waals surface area contributed by atoms with Crippen molar-refractivity contribution in [2.45, 2.75) is 33.1 Å². The van der Waals surface area contributed by atoms with E-state index in [0.717, 1.165) is 18.5 Å². The van der Waals surface area contributed by atoms with Crippen LogP contribution in [0.15, 0.2) is 28.0 Å². The number of nitriles is 1. The van der Waals surface area contributed by atoms with E-state index in [1.54, 1.807) is 20.2 Å². The van der Waals surface area contributed by atoms with Gasteiger partial charge in [-0.3, -0.25) is 4.99 Å². The van der Waals surface area contributed by atoms with Gasteiger partial charge in [0.1, 0.15) is 5.17 Å². The maximum absolute atomic E-state index is 12.0. The van der Waals surface area contributed by atoms with Crippen molar-refractivity contribution >= 4 is 36.2 Å². The van der Waals surface area contributed by atoms with Crippen molar-refractivity contribution in [3.05, 3.63) is 23.0 Å². The number of ether oxygens (including phenoxy) is 1. The predicted molar refractivity (Wildman–Crippen MR) is 101 cm³/mol. The maximum Gasteiger partial charge on any atom is 0.336 e. The molecule has 2 aliphatic rings. The van der Waals surface area contributed by atoms with Gasteiger partial charge in [0.05, 0.1) is 23.8 Å². The van der Waals surface area contributed by atoms with Gasteiger partial charge in [-0.1, -0.05) is 6.42 Å². The molecular formula is C16H25ClN4O2S. The van der Waals surface area contributed by atoms with Gasteiger partial charge in [0.25, 0.3) is 0 Å². The number of dihydropyridines is 1. The summed E-state index contributed by atoms with van der Waals surface area (Å²) in [6.45, 7) is 4.03. The van der Waals surface area contributed by atoms with E-state index in [2.05, 4.69) is 29.0 Å². The first kappa shape index (κ1) is 22.4. The molecule has 0 bridgehead atoms. The van der Waals surface area contributed by atoms with Crippen molar-refractivity contribution < 1.29 is 9.53 Å². The van der Waals surface area contributed by atoms with E-state index in [4.69, 9.17) is 10.5 Å². The molecule has 0 aromatic rings. The molecular weight excluding hydrogens is 348 g/mol. The molecule has 1 aliphatic carbocycles. The molecule has 2 rings (SSSR count). The quantitative estimate of drug-likeness (QED) is 0.306. The summed E-state index contributed by atoms with van der Waals surface area (Å²) in [7, 11) is 1.59. The highest BCUT2D eigenvalue weighted by molar-refractivity contribution is 7.96. The predicted octanol–water partition coefficient (Wildman–Crippen LogP) is 2.53. The zero-order valence-electron chi connectivity index (χ0n) is 14.2. The minimum atomic E-state index is -0.304. The Balaban J connectivity index is 0.000000777. The zero-order valence-corrected chi connectivity index (χ0v) is 15.9. The lowest BCUT2D eigenvalue weighted by molar-refractivity contribution is -0.139. The number of nitrogens with one attached hydrogen (secondary N) is 1. The molecule has 0 spiro atoms. The number of amidine groups is 1. The number of aliphatic imine (C=N–C) groups is 1. The number of thiol groups is 1. The lowest BCUT2D eigenvalue weighted by Gasteiger charge is -2.36. The number of halogens is 1. The van der Waals surface area contributed by atoms with Gasteiger partial charge in [0.15, 0.2) is 0 Å². The smallest absolute Gasteiger partial charge is 0.336 e. The lowest BCUT2D eigenvalue weighted by atomic mass is 9.69. The summed E-state index contributed by atoms with van der Waals surface area (Å²) in [5.74, 6) is 0.0264. The van der Waals surface area contributed by atoms with Crippen LogP contribution in [-0.4, -0.2) is 24.8 Å². The highest BCUT2D eigenvalue weighted by Crippen LogP contribution is 2.43. The largest absolute Gasteiger partial charge is 0.463 e. The third kappa shape index (κ3) is 5.77. The maximum atomic E-state index is 12.0. The number of carbonyl (C=O) groups is 1. The van der Waals surface area contributed by atoms with Gasteiger partial charge in [-0.05, 0) is 32.6 Å². The summed E-state index contributed by atoms with van der Waals surface area (Å²) in [6.07, 6.45) is 5.05. The molecule has 0 radical (unpaired) electrons. The third-order valence-electron chi connectivity index (χ3n) is 3.98. The van der Waals surface area contributed by atoms with Crippen molar-refractivity contribution in [2.24, 2.45) is 22.6 Å². The van der Waals surface area contributed by atoms with Crippen LogP contribution in [0.2, 0.25) is 0 Å². The van der Waals surface area contributed by atoms with E-state index < -0.39 is 0 Å². The van der Waals surface area contributed by atoms with E-state index in [9.17, 15) is 10.1 Å². The summed E-state index contributed by atoms with van der Waals surface area (Å²) >= 11 is 3.63. The molecule has 1 fully saturated rings. The molecule has 0 aromatic heterocycles. The van der Waals surface area contributed by atoms with E-state index in [1.807, 2.05) is 6.92 Å². The molecule has 8 heteroatoms. The Hall–Kier alpha value is -1.65. The first-order valence-corrected chi connectivity index (χ1v) is 8.06. The number of allylic oxidation sites excluding steroid dienone is 2. The fraction of sp³-hybridized carbons (Fsp3) is 0.562. The SMILES string of the molecule is CCOC(=O)C1=CNC(C)=C(C#N)[C@H]1C1CCC1.CN=C(N)S.Cl. The molecule has 6 nitrogen and oxygen atoms in total. The highest BCUT2D eigenvalue weighted by atomic mass is 35.5. The van der Waals surface area contributed by atoms with Gasteiger partial charge in [-0.15, -0.1) is 25.0 Å². The second-order valence-electron chi connectivity index (χ2n) is 5.37. The summed E-state index contributed by atoms with van der Waals surface area (Å²) in [6, 6.07) is 2.25. The van der Waals surface area contributed by atoms with Crippen LogP contribution in [0.25, 0.3) is 0 Å². The molecule has 0 unspecified atom stereocenters. The normalized spacial score (nSPS) is 20.2. The van der Waals surface area contributed by atoms with E-state index in [0.29, 0.717) is 28.8 Å². The fourth-order valence-corrected chi connectivity index (χ4v) is 2.56. The molecule has 0 aromatic carbocycles. The topological polar surface area (TPSA) is 100 Å². The molecule has 0 saturated heterocycles. The Morgan fingerprint density at radius 2 is 2.17 bits per heavy atom. The van der Waals surface area contributed by atoms with Crippen molar-refractivity contribution in [1.29, 1.82) is 5.26 Å². The van der Waals surface area contributed by atoms with Crippen LogP contribution in [0, 0.1) is 23.2 Å². The number of nitrogens with two attached hydrogens (primary N) is 1. The Morgan fingerprint density at radius 3 is 2.54 bits per heavy atom. The van der Waals surface area contributed by atoms with Gasteiger partial charge < -0.3 is 15.8 Å². The zero-order chi connectivity index (χ0) is 17.4. The number of esters is 1. The molecule has 1 heterocycles. The van der Waals surface area contributed by atoms with Crippen LogP contribution < -0.4 is 11.1 Å². The first-order valence-electron chi connectivity index (χ1n) is 7.62. The Labute approximate surface area is 155 Å². The fourth-order valence-electron chi connectivity index (χ4n) is 2.56. The number of hydrogen-bond donors (Lipinski definition) is 3. The van der Waals surface area contributed by atoms with Gasteiger partial charge in [0, 0.05) is 24.9 Å². The van der Waals surface area contributed by atoms with E-state index in [-0.39, 0.29) is 24.3 Å². The molecule has 24 heavy (non-hydrogen) atoms. The molecule has 1 saturated carbocycles. The van der Waals surface area contributed by atoms with Crippen LogP contribution in [0.1, 0.15) is 33.1 Å². The Bertz CT molecular complexity index is 573. The van der Waals surface area contributed by atoms with E-state index >= 15 is 0 Å². The van der Waals surface area contributed by atoms with Crippen molar-refractivity contribution in [1.82, 2.24) is 5.32 Å². The summed E-state index contributed by atoms with van der Waals surface area (Å²) in [5.41, 5.74) is 7.04. The standard InChI is InChI=1S/C14H18N2O2.C2H6N2S.ClH/c1-3-18-14(17)12-8-16-9(2)11(7-15)13(12)10-5-4-6-10;1-4-2(3)5;/h8,10,13,16H,3-6H2,1-2H3;1H3,(H3,3,4,5);1H/t13-;;/m1../s1. The minimum absolute atomic E-state index is 0. The number of nitrogens with zero attached hydrogens (tertiary/aromatic N) is 2. The Kier molecular flexibility index (Phi) is 10.2. The summed E-state index contributed by atoms with van der Waals surface area (Å²) in [5, 5.41) is 12.6. The van der Waals surface area contributed by atoms with Crippen LogP contribution in [0.3, 0.4) is 0 Å². The van der Waals surface area contributed by atoms with Crippen LogP contribution >= 0.6 is 25.0 Å². The number of rotatable bonds is 3. The minimum Gasteiger partial charge on any atom is -0.463 e. The van der Waals surface area contributed by atoms with Gasteiger partial charge in [0.2, 0.25) is 0 Å².